The van der Waals surface area contributed by atoms with E-state index in [1.54, 1.807) is 6.07 Å². The van der Waals surface area contributed by atoms with Crippen LogP contribution in [-0.2, 0) is 6.42 Å². The number of hydrogen-bond acceptors (Lipinski definition) is 3. The molecule has 1 aliphatic heterocycles. The predicted molar refractivity (Wildman–Crippen MR) is 62.2 cm³/mol. The van der Waals surface area contributed by atoms with Crippen molar-refractivity contribution in [2.24, 2.45) is 5.92 Å². The first-order valence-electron chi connectivity index (χ1n) is 5.08. The Balaban J connectivity index is 2.14. The van der Waals surface area contributed by atoms with Crippen LogP contribution in [0, 0.1) is 5.92 Å². The Hall–Kier alpha value is -0.740. The molecule has 1 saturated heterocycles. The van der Waals surface area contributed by atoms with Gasteiger partial charge in [-0.25, -0.2) is 0 Å². The molecule has 15 heavy (non-hydrogen) atoms. The number of phenolic OH excluding ortho intramolecular Hbond substituents is 2. The summed E-state index contributed by atoms with van der Waals surface area (Å²) in [4.78, 5) is 0. The highest BCUT2D eigenvalue weighted by atomic mass is 79.9. The first-order valence-corrected chi connectivity index (χ1v) is 5.87. The molecule has 0 aliphatic carbocycles. The molecule has 0 amide bonds. The second-order valence-electron chi connectivity index (χ2n) is 4.01. The summed E-state index contributed by atoms with van der Waals surface area (Å²) in [5.41, 5.74) is 1.06. The predicted octanol–water partition coefficient (Wildman–Crippen LogP) is 2.01. The molecular weight excluding hydrogens is 258 g/mol. The van der Waals surface area contributed by atoms with E-state index in [-0.39, 0.29) is 11.5 Å². The number of nitrogens with one attached hydrogen (secondary N) is 1. The first kappa shape index (κ1) is 10.8. The van der Waals surface area contributed by atoms with Gasteiger partial charge in [0.05, 0.1) is 4.47 Å². The van der Waals surface area contributed by atoms with Crippen molar-refractivity contribution in [3.05, 3.63) is 22.2 Å². The molecule has 0 aromatic heterocycles. The van der Waals surface area contributed by atoms with Gasteiger partial charge in [-0.1, -0.05) is 0 Å². The third-order valence-electron chi connectivity index (χ3n) is 2.79. The van der Waals surface area contributed by atoms with E-state index in [9.17, 15) is 10.2 Å². The van der Waals surface area contributed by atoms with Crippen molar-refractivity contribution in [1.29, 1.82) is 0 Å². The average molecular weight is 272 g/mol. The van der Waals surface area contributed by atoms with E-state index >= 15 is 0 Å². The minimum atomic E-state index is -0.0803. The number of phenols is 2. The van der Waals surface area contributed by atoms with Crippen molar-refractivity contribution in [2.45, 2.75) is 12.8 Å². The maximum atomic E-state index is 9.46. The van der Waals surface area contributed by atoms with E-state index in [0.29, 0.717) is 10.4 Å². The smallest absolute Gasteiger partial charge is 0.171 e. The van der Waals surface area contributed by atoms with Crippen molar-refractivity contribution in [3.8, 4) is 11.5 Å². The van der Waals surface area contributed by atoms with Crippen LogP contribution in [0.25, 0.3) is 0 Å². The Morgan fingerprint density at radius 3 is 2.80 bits per heavy atom. The third kappa shape index (κ3) is 2.44. The van der Waals surface area contributed by atoms with E-state index in [2.05, 4.69) is 21.2 Å². The van der Waals surface area contributed by atoms with E-state index in [1.807, 2.05) is 6.07 Å². The van der Waals surface area contributed by atoms with E-state index in [0.717, 1.165) is 25.1 Å². The summed E-state index contributed by atoms with van der Waals surface area (Å²) >= 11 is 3.22. The Bertz CT molecular complexity index is 339. The summed E-state index contributed by atoms with van der Waals surface area (Å²) in [6, 6.07) is 3.51. The van der Waals surface area contributed by atoms with Crippen molar-refractivity contribution in [1.82, 2.24) is 5.32 Å². The maximum absolute atomic E-state index is 9.46. The maximum Gasteiger partial charge on any atom is 0.171 e. The highest BCUT2D eigenvalue weighted by molar-refractivity contribution is 9.10. The van der Waals surface area contributed by atoms with Gasteiger partial charge in [0.1, 0.15) is 0 Å². The summed E-state index contributed by atoms with van der Waals surface area (Å²) in [6.45, 7) is 2.12. The molecule has 0 saturated carbocycles. The highest BCUT2D eigenvalue weighted by Crippen LogP contribution is 2.35. The van der Waals surface area contributed by atoms with Crippen LogP contribution in [0.5, 0.6) is 11.5 Å². The van der Waals surface area contributed by atoms with Crippen LogP contribution in [-0.4, -0.2) is 23.3 Å². The minimum Gasteiger partial charge on any atom is -0.504 e. The topological polar surface area (TPSA) is 52.5 Å². The molecule has 4 heteroatoms. The molecule has 0 bridgehead atoms. The molecule has 1 aromatic carbocycles. The molecule has 3 nitrogen and oxygen atoms in total. The van der Waals surface area contributed by atoms with E-state index in [1.165, 1.54) is 6.42 Å². The molecule has 3 N–H and O–H groups in total. The molecule has 1 fully saturated rings. The highest BCUT2D eigenvalue weighted by Gasteiger charge is 2.16. The zero-order valence-electron chi connectivity index (χ0n) is 8.33. The fourth-order valence-electron chi connectivity index (χ4n) is 1.98. The van der Waals surface area contributed by atoms with Crippen LogP contribution >= 0.6 is 15.9 Å². The molecule has 2 rings (SSSR count). The number of rotatable bonds is 2. The van der Waals surface area contributed by atoms with Gasteiger partial charge in [0.15, 0.2) is 11.5 Å². The molecule has 1 atom stereocenters. The Labute approximate surface area is 97.3 Å². The molecular formula is C11H14BrNO2. The number of aromatic hydroxyl groups is 2. The summed E-state index contributed by atoms with van der Waals surface area (Å²) in [7, 11) is 0. The standard InChI is InChI=1S/C11H14BrNO2/c12-9-4-8(5-10(14)11(9)15)3-7-1-2-13-6-7/h4-5,7,13-15H,1-3,6H2. The van der Waals surface area contributed by atoms with Crippen molar-refractivity contribution < 1.29 is 10.2 Å². The molecule has 0 radical (unpaired) electrons. The van der Waals surface area contributed by atoms with Gasteiger partial charge in [-0.2, -0.15) is 0 Å². The fraction of sp³-hybridized carbons (Fsp3) is 0.455. The summed E-state index contributed by atoms with van der Waals surface area (Å²) in [5.74, 6) is 0.509. The van der Waals surface area contributed by atoms with Gasteiger partial charge in [-0.3, -0.25) is 0 Å². The SMILES string of the molecule is Oc1cc(CC2CCNC2)cc(Br)c1O. The lowest BCUT2D eigenvalue weighted by Crippen LogP contribution is -2.10. The number of benzene rings is 1. The minimum absolute atomic E-state index is 0.0506. The molecule has 82 valence electrons. The number of halogens is 1. The van der Waals surface area contributed by atoms with E-state index in [4.69, 9.17) is 0 Å². The molecule has 1 heterocycles. The molecule has 1 aromatic rings. The Kier molecular flexibility index (Phi) is 3.17. The zero-order chi connectivity index (χ0) is 10.8. The van der Waals surface area contributed by atoms with Gasteiger partial charge in [0.2, 0.25) is 0 Å². The largest absolute Gasteiger partial charge is 0.504 e. The summed E-state index contributed by atoms with van der Waals surface area (Å²) in [6.07, 6.45) is 2.12. The van der Waals surface area contributed by atoms with Crippen LogP contribution in [0.1, 0.15) is 12.0 Å². The van der Waals surface area contributed by atoms with Crippen LogP contribution < -0.4 is 5.32 Å². The average Bonchev–Trinajstić information content (AvgIpc) is 2.66. The first-order chi connectivity index (χ1) is 7.16. The quantitative estimate of drug-likeness (QED) is 0.722. The second-order valence-corrected chi connectivity index (χ2v) is 4.86. The van der Waals surface area contributed by atoms with Gasteiger partial charge in [-0.05, 0) is 65.5 Å². The van der Waals surface area contributed by atoms with Crippen LogP contribution in [0.15, 0.2) is 16.6 Å². The van der Waals surface area contributed by atoms with Crippen LogP contribution in [0.3, 0.4) is 0 Å². The molecule has 0 spiro atoms. The Morgan fingerprint density at radius 2 is 2.20 bits per heavy atom. The van der Waals surface area contributed by atoms with Crippen molar-refractivity contribution in [3.63, 3.8) is 0 Å². The zero-order valence-corrected chi connectivity index (χ0v) is 9.92. The molecule has 1 aliphatic rings. The van der Waals surface area contributed by atoms with Gasteiger partial charge < -0.3 is 15.5 Å². The fourth-order valence-corrected chi connectivity index (χ4v) is 2.48. The lowest BCUT2D eigenvalue weighted by molar-refractivity contribution is 0.400. The van der Waals surface area contributed by atoms with Gasteiger partial charge >= 0.3 is 0 Å². The van der Waals surface area contributed by atoms with Crippen LogP contribution in [0.4, 0.5) is 0 Å². The lowest BCUT2D eigenvalue weighted by atomic mass is 9.98. The number of hydrogen-bond donors (Lipinski definition) is 3. The van der Waals surface area contributed by atoms with Crippen molar-refractivity contribution in [2.75, 3.05) is 13.1 Å². The summed E-state index contributed by atoms with van der Waals surface area (Å²) < 4.78 is 0.559. The van der Waals surface area contributed by atoms with Gasteiger partial charge in [-0.15, -0.1) is 0 Å². The summed E-state index contributed by atoms with van der Waals surface area (Å²) in [5, 5.41) is 22.2. The van der Waals surface area contributed by atoms with Crippen LogP contribution in [0.2, 0.25) is 0 Å². The Morgan fingerprint density at radius 1 is 1.40 bits per heavy atom. The van der Waals surface area contributed by atoms with Gasteiger partial charge in [0.25, 0.3) is 0 Å². The second kappa shape index (κ2) is 4.41. The normalized spacial score (nSPS) is 20.7. The third-order valence-corrected chi connectivity index (χ3v) is 3.39. The molecule has 1 unspecified atom stereocenters. The van der Waals surface area contributed by atoms with Gasteiger partial charge in [0, 0.05) is 0 Å². The lowest BCUT2D eigenvalue weighted by Gasteiger charge is -2.10. The van der Waals surface area contributed by atoms with E-state index < -0.39 is 0 Å². The monoisotopic (exact) mass is 271 g/mol. The van der Waals surface area contributed by atoms with Crippen molar-refractivity contribution >= 4 is 15.9 Å².